The number of fused-ring (bicyclic) bond motifs is 2. The number of carbonyl (C=O) groups is 6. The molecule has 3 bridgehead atoms. The van der Waals surface area contributed by atoms with E-state index in [1.807, 2.05) is 60.7 Å². The molecule has 4 atom stereocenters. The Balaban J connectivity index is 0.000000298. The number of nitrogens with zero attached hydrogens (tertiary/aromatic N) is 5. The van der Waals surface area contributed by atoms with Crippen LogP contribution in [-0.4, -0.2) is 190 Å². The Labute approximate surface area is 480 Å². The fraction of sp³-hybridized carbons (Fsp3) is 0.533. The fourth-order valence-corrected chi connectivity index (χ4v) is 11.7. The molecule has 0 radical (unpaired) electrons. The molecule has 442 valence electrons. The average molecular weight is 1130 g/mol. The van der Waals surface area contributed by atoms with Gasteiger partial charge in [-0.3, -0.25) is 38.7 Å². The summed E-state index contributed by atoms with van der Waals surface area (Å²) < 4.78 is 28.9. The molecule has 20 nitrogen and oxygen atoms in total. The topological polar surface area (TPSA) is 268 Å². The number of nitrogens with one attached hydrogen (secondary N) is 8. The number of pyridine rings is 1. The van der Waals surface area contributed by atoms with E-state index in [2.05, 4.69) is 66.3 Å². The van der Waals surface area contributed by atoms with Crippen molar-refractivity contribution in [3.8, 4) is 6.07 Å². The Hall–Kier alpha value is -7.16. The molecular weight excluding hydrogens is 1050 g/mol. The van der Waals surface area contributed by atoms with Crippen molar-refractivity contribution < 1.29 is 42.0 Å². The SMILES string of the molecule is CCCCC(=O)NC1(CN)CNCCNCC2(C)C[N+]3(CCN(CC3)C1)C2.N#CC1CC(F)(F)CN1C(=O)CNC(=O)c1ccnc2ccc(NCCCCNC(=O)C(Cc3ccccc3)NC(=O)C(Cc3ccccc3)NC=O)cc12. The summed E-state index contributed by atoms with van der Waals surface area (Å²) in [7, 11) is 0. The van der Waals surface area contributed by atoms with Crippen LogP contribution in [0.2, 0.25) is 0 Å². The monoisotopic (exact) mass is 1130 g/mol. The van der Waals surface area contributed by atoms with E-state index in [9.17, 15) is 42.8 Å². The van der Waals surface area contributed by atoms with Crippen LogP contribution in [0, 0.1) is 16.7 Å². The number of alkyl halides is 2. The highest BCUT2D eigenvalue weighted by molar-refractivity contribution is 6.07. The number of rotatable bonds is 23. The molecule has 10 rings (SSSR count). The summed E-state index contributed by atoms with van der Waals surface area (Å²) in [5.41, 5.74) is 9.50. The lowest BCUT2D eigenvalue weighted by molar-refractivity contribution is -0.986. The van der Waals surface area contributed by atoms with Crippen LogP contribution in [0.1, 0.15) is 73.9 Å². The third kappa shape index (κ3) is 17.9. The third-order valence-electron chi connectivity index (χ3n) is 15.9. The quantitative estimate of drug-likeness (QED) is 0.0294. The molecule has 6 aliphatic rings. The number of halogens is 2. The van der Waals surface area contributed by atoms with Gasteiger partial charge in [-0.05, 0) is 61.6 Å². The van der Waals surface area contributed by atoms with Crippen molar-refractivity contribution in [1.29, 1.82) is 5.26 Å². The second kappa shape index (κ2) is 29.7. The van der Waals surface area contributed by atoms with Crippen LogP contribution in [0.5, 0.6) is 0 Å². The Morgan fingerprint density at radius 1 is 0.866 bits per heavy atom. The third-order valence-corrected chi connectivity index (χ3v) is 15.9. The van der Waals surface area contributed by atoms with Crippen LogP contribution >= 0.6 is 0 Å². The molecule has 1 aromatic heterocycles. The van der Waals surface area contributed by atoms with E-state index < -0.39 is 61.3 Å². The predicted octanol–water partition coefficient (Wildman–Crippen LogP) is 2.45. The van der Waals surface area contributed by atoms with Gasteiger partial charge in [0.1, 0.15) is 18.1 Å². The van der Waals surface area contributed by atoms with Gasteiger partial charge in [0, 0.05) is 108 Å². The number of piperazine rings is 1. The summed E-state index contributed by atoms with van der Waals surface area (Å²) in [6.45, 7) is 16.3. The average Bonchev–Trinajstić information content (AvgIpc) is 3.52. The lowest BCUT2D eigenvalue weighted by atomic mass is 9.78. The van der Waals surface area contributed by atoms with Gasteiger partial charge in [-0.15, -0.1) is 0 Å². The number of quaternary nitrogens is 1. The normalized spacial score (nSPS) is 23.6. The smallest absolute Gasteiger partial charge is 0.268 e. The molecule has 4 unspecified atom stereocenters. The molecule has 3 aromatic carbocycles. The van der Waals surface area contributed by atoms with Gasteiger partial charge in [-0.1, -0.05) is 74.0 Å². The number of benzene rings is 3. The number of hydrogen-bond donors (Lipinski definition) is 9. The number of hydrogen-bond acceptors (Lipinski definition) is 13. The standard InChI is InChI=1S/C40H42F2N8O5.C20H40N6O/c41-40(42)22-30(23-43)50(25-40)36(52)24-47-37(53)31-15-18-45-33-14-13-29(21-32(31)33)44-16-7-8-17-46-38(54)35(20-28-11-5-2-6-12-28)49-39(55)34(48-26-51)19-27-9-3-1-4-10-27;1-3-4-5-18(27)24-20(12-21)14-23-7-6-22-13-19(2)16-26(17-19)10-8-25(15-20)9-11-26/h1-6,9-15,18,21,26,30,34-35,44H,7-8,16-17,19-20,22,24-25H2,(H,46,54)(H,47,53)(H,48,51)(H,49,55);22-23H,3-17,21H2,1-2H3/p+1. The van der Waals surface area contributed by atoms with E-state index in [0.717, 1.165) is 74.7 Å². The molecule has 0 aliphatic carbocycles. The molecular formula is C60H83F2N14O6+. The van der Waals surface area contributed by atoms with Crippen molar-refractivity contribution in [2.24, 2.45) is 11.1 Å². The minimum Gasteiger partial charge on any atom is -0.385 e. The van der Waals surface area contributed by atoms with E-state index in [-0.39, 0.29) is 35.8 Å². The molecule has 4 aromatic rings. The number of carbonyl (C=O) groups excluding carboxylic acids is 6. The highest BCUT2D eigenvalue weighted by Gasteiger charge is 2.54. The van der Waals surface area contributed by atoms with E-state index in [1.54, 1.807) is 24.3 Å². The summed E-state index contributed by atoms with van der Waals surface area (Å²) in [5, 5.41) is 34.3. The number of anilines is 1. The Kier molecular flexibility index (Phi) is 22.6. The van der Waals surface area contributed by atoms with Crippen LogP contribution < -0.4 is 48.3 Å². The van der Waals surface area contributed by atoms with Gasteiger partial charge in [0.2, 0.25) is 30.0 Å². The zero-order valence-corrected chi connectivity index (χ0v) is 47.5. The zero-order chi connectivity index (χ0) is 58.6. The molecule has 10 N–H and O–H groups in total. The van der Waals surface area contributed by atoms with Gasteiger partial charge in [0.15, 0.2) is 0 Å². The number of aromatic nitrogens is 1. The summed E-state index contributed by atoms with van der Waals surface area (Å²) >= 11 is 0. The Bertz CT molecular complexity index is 2810. The van der Waals surface area contributed by atoms with Gasteiger partial charge in [0.05, 0.1) is 67.4 Å². The van der Waals surface area contributed by atoms with E-state index >= 15 is 0 Å². The maximum Gasteiger partial charge on any atom is 0.268 e. The Morgan fingerprint density at radius 2 is 1.54 bits per heavy atom. The predicted molar refractivity (Wildman–Crippen MR) is 310 cm³/mol. The second-order valence-electron chi connectivity index (χ2n) is 22.9. The van der Waals surface area contributed by atoms with Gasteiger partial charge in [-0.25, -0.2) is 8.78 Å². The first-order chi connectivity index (χ1) is 39.5. The van der Waals surface area contributed by atoms with Gasteiger partial charge in [-0.2, -0.15) is 5.26 Å². The first-order valence-corrected chi connectivity index (χ1v) is 28.8. The second-order valence-corrected chi connectivity index (χ2v) is 22.9. The largest absolute Gasteiger partial charge is 0.385 e. The van der Waals surface area contributed by atoms with Gasteiger partial charge >= 0.3 is 0 Å². The molecule has 6 saturated heterocycles. The molecule has 1 spiro atoms. The van der Waals surface area contributed by atoms with Crippen molar-refractivity contribution in [2.45, 2.75) is 94.8 Å². The number of unbranched alkanes of at least 4 members (excludes halogenated alkanes) is 2. The van der Waals surface area contributed by atoms with E-state index in [4.69, 9.17) is 5.73 Å². The van der Waals surface area contributed by atoms with Crippen molar-refractivity contribution in [3.05, 3.63) is 108 Å². The maximum absolute atomic E-state index is 13.8. The molecule has 82 heavy (non-hydrogen) atoms. The molecule has 0 saturated carbocycles. The van der Waals surface area contributed by atoms with Crippen molar-refractivity contribution in [3.63, 3.8) is 0 Å². The number of amides is 6. The van der Waals surface area contributed by atoms with Crippen molar-refractivity contribution in [1.82, 2.24) is 52.0 Å². The lowest BCUT2D eigenvalue weighted by Crippen LogP contribution is -2.76. The van der Waals surface area contributed by atoms with E-state index in [1.165, 1.54) is 42.9 Å². The molecule has 6 aliphatic heterocycles. The van der Waals surface area contributed by atoms with Crippen molar-refractivity contribution >= 4 is 52.5 Å². The van der Waals surface area contributed by atoms with Crippen LogP contribution in [-0.2, 0) is 36.8 Å². The number of nitrogens with two attached hydrogens (primary N) is 1. The van der Waals surface area contributed by atoms with Crippen LogP contribution in [0.15, 0.2) is 91.1 Å². The highest BCUT2D eigenvalue weighted by atomic mass is 19.3. The van der Waals surface area contributed by atoms with Crippen LogP contribution in [0.4, 0.5) is 14.5 Å². The molecule has 6 amide bonds. The zero-order valence-electron chi connectivity index (χ0n) is 47.5. The molecule has 22 heteroatoms. The minimum atomic E-state index is -3.16. The summed E-state index contributed by atoms with van der Waals surface area (Å²) in [5.74, 6) is -5.21. The lowest BCUT2D eigenvalue weighted by Gasteiger charge is -2.59. The van der Waals surface area contributed by atoms with Crippen molar-refractivity contribution in [2.75, 3.05) is 110 Å². The molecule has 6 fully saturated rings. The van der Waals surface area contributed by atoms with Crippen LogP contribution in [0.3, 0.4) is 0 Å². The van der Waals surface area contributed by atoms with Gasteiger partial charge < -0.3 is 57.7 Å². The summed E-state index contributed by atoms with van der Waals surface area (Å²) in [6, 6.07) is 24.1. The first-order valence-electron chi connectivity index (χ1n) is 28.8. The maximum atomic E-state index is 13.8. The number of likely N-dealkylation sites (tertiary alicyclic amines) is 1. The highest BCUT2D eigenvalue weighted by Crippen LogP contribution is 2.38. The van der Waals surface area contributed by atoms with Crippen LogP contribution in [0.25, 0.3) is 10.9 Å². The summed E-state index contributed by atoms with van der Waals surface area (Å²) in [6.07, 6.45) is 5.55. The first kappa shape index (κ1) is 62.4. The van der Waals surface area contributed by atoms with Gasteiger partial charge in [0.25, 0.3) is 11.8 Å². The minimum absolute atomic E-state index is 0.141. The molecule has 7 heterocycles. The fourth-order valence-electron chi connectivity index (χ4n) is 11.7. The number of nitriles is 1. The Morgan fingerprint density at radius 3 is 2.20 bits per heavy atom. The summed E-state index contributed by atoms with van der Waals surface area (Å²) in [4.78, 5) is 83.7. The van der Waals surface area contributed by atoms with E-state index in [0.29, 0.717) is 67.3 Å².